The average molecular weight is 215 g/mol. The third kappa shape index (κ3) is 1.21. The first-order valence-electron chi connectivity index (χ1n) is 5.91. The summed E-state index contributed by atoms with van der Waals surface area (Å²) in [4.78, 5) is 0. The van der Waals surface area contributed by atoms with E-state index in [1.165, 1.54) is 16.6 Å². The summed E-state index contributed by atoms with van der Waals surface area (Å²) in [7, 11) is 0. The van der Waals surface area contributed by atoms with Crippen molar-refractivity contribution in [2.45, 2.75) is 38.8 Å². The molecular weight excluding hydrogens is 198 g/mol. The predicted octanol–water partition coefficient (Wildman–Crippen LogP) is 2.31. The Balaban J connectivity index is 2.33. The minimum absolute atomic E-state index is 0.0775. The summed E-state index contributed by atoms with van der Waals surface area (Å²) in [5.74, 6) is 0. The van der Waals surface area contributed by atoms with E-state index in [2.05, 4.69) is 41.8 Å². The first-order chi connectivity index (χ1) is 7.65. The molecule has 0 spiro atoms. The first-order valence-corrected chi connectivity index (χ1v) is 5.91. The molecule has 84 valence electrons. The van der Waals surface area contributed by atoms with Crippen LogP contribution in [0, 0.1) is 6.92 Å². The van der Waals surface area contributed by atoms with Gasteiger partial charge in [0.25, 0.3) is 0 Å². The Morgan fingerprint density at radius 1 is 1.44 bits per heavy atom. The Morgan fingerprint density at radius 2 is 2.19 bits per heavy atom. The van der Waals surface area contributed by atoms with Crippen LogP contribution in [0.25, 0.3) is 10.9 Å². The largest absolute Gasteiger partial charge is 0.321 e. The van der Waals surface area contributed by atoms with Crippen molar-refractivity contribution >= 4 is 10.9 Å². The molecule has 0 bridgehead atoms. The maximum Gasteiger partial charge on any atom is 0.0929 e. The van der Waals surface area contributed by atoms with Gasteiger partial charge in [-0.25, -0.2) is 0 Å². The van der Waals surface area contributed by atoms with Crippen LogP contribution < -0.4 is 5.73 Å². The quantitative estimate of drug-likeness (QED) is 0.835. The number of nitrogens with two attached hydrogens (primary N) is 1. The highest BCUT2D eigenvalue weighted by Gasteiger charge is 2.41. The third-order valence-corrected chi connectivity index (χ3v) is 3.64. The minimum atomic E-state index is -0.0775. The molecule has 2 aromatic rings. The van der Waals surface area contributed by atoms with E-state index in [-0.39, 0.29) is 5.54 Å². The average Bonchev–Trinajstić information content (AvgIpc) is 2.95. The van der Waals surface area contributed by atoms with Crippen LogP contribution in [0.3, 0.4) is 0 Å². The lowest BCUT2D eigenvalue weighted by Crippen LogP contribution is -2.19. The Morgan fingerprint density at radius 3 is 2.81 bits per heavy atom. The van der Waals surface area contributed by atoms with Crippen LogP contribution in [0.1, 0.15) is 31.0 Å². The fourth-order valence-corrected chi connectivity index (χ4v) is 2.46. The van der Waals surface area contributed by atoms with Gasteiger partial charge in [-0.15, -0.1) is 0 Å². The van der Waals surface area contributed by atoms with Crippen LogP contribution >= 0.6 is 0 Å². The Bertz CT molecular complexity index is 550. The van der Waals surface area contributed by atoms with Crippen LogP contribution in [0.4, 0.5) is 0 Å². The lowest BCUT2D eigenvalue weighted by molar-refractivity contribution is 0.647. The van der Waals surface area contributed by atoms with Gasteiger partial charge in [0.15, 0.2) is 0 Å². The summed E-state index contributed by atoms with van der Waals surface area (Å²) in [6, 6.07) is 6.30. The first kappa shape index (κ1) is 9.85. The number of nitrogens with zero attached hydrogens (tertiary/aromatic N) is 2. The van der Waals surface area contributed by atoms with Gasteiger partial charge in [-0.1, -0.05) is 12.1 Å². The van der Waals surface area contributed by atoms with Crippen molar-refractivity contribution in [3.63, 3.8) is 0 Å². The topological polar surface area (TPSA) is 43.8 Å². The zero-order chi connectivity index (χ0) is 11.3. The molecule has 2 N–H and O–H groups in total. The highest BCUT2D eigenvalue weighted by molar-refractivity contribution is 5.86. The van der Waals surface area contributed by atoms with Crippen LogP contribution in [-0.4, -0.2) is 9.78 Å². The van der Waals surface area contributed by atoms with E-state index in [1.807, 2.05) is 0 Å². The van der Waals surface area contributed by atoms with E-state index < -0.39 is 0 Å². The molecule has 1 heterocycles. The second kappa shape index (κ2) is 3.08. The standard InChI is InChI=1S/C13H17N3/c1-3-16-9(2)12-10(13(14)7-8-13)5-4-6-11(12)15-16/h4-6H,3,7-8,14H2,1-2H3. The number of rotatable bonds is 2. The van der Waals surface area contributed by atoms with Gasteiger partial charge in [0.1, 0.15) is 0 Å². The molecule has 3 rings (SSSR count). The number of hydrogen-bond donors (Lipinski definition) is 1. The lowest BCUT2D eigenvalue weighted by Gasteiger charge is -2.10. The third-order valence-electron chi connectivity index (χ3n) is 3.64. The van der Waals surface area contributed by atoms with E-state index in [0.29, 0.717) is 0 Å². The summed E-state index contributed by atoms with van der Waals surface area (Å²) < 4.78 is 2.06. The molecule has 3 heteroatoms. The molecule has 1 aromatic heterocycles. The highest BCUT2D eigenvalue weighted by atomic mass is 15.3. The lowest BCUT2D eigenvalue weighted by atomic mass is 10.00. The minimum Gasteiger partial charge on any atom is -0.321 e. The molecule has 16 heavy (non-hydrogen) atoms. The molecule has 3 nitrogen and oxygen atoms in total. The van der Waals surface area contributed by atoms with Crippen molar-refractivity contribution in [1.29, 1.82) is 0 Å². The second-order valence-electron chi connectivity index (χ2n) is 4.76. The number of fused-ring (bicyclic) bond motifs is 1. The van der Waals surface area contributed by atoms with E-state index in [0.717, 1.165) is 24.9 Å². The second-order valence-corrected chi connectivity index (χ2v) is 4.76. The Labute approximate surface area is 95.2 Å². The van der Waals surface area contributed by atoms with Gasteiger partial charge in [0.05, 0.1) is 5.52 Å². The molecule has 0 unspecified atom stereocenters. The van der Waals surface area contributed by atoms with Crippen LogP contribution in [0.2, 0.25) is 0 Å². The number of benzene rings is 1. The van der Waals surface area contributed by atoms with Gasteiger partial charge in [-0.3, -0.25) is 4.68 Å². The smallest absolute Gasteiger partial charge is 0.0929 e. The van der Waals surface area contributed by atoms with Gasteiger partial charge in [0, 0.05) is 23.2 Å². The van der Waals surface area contributed by atoms with Crippen LogP contribution in [-0.2, 0) is 12.1 Å². The Hall–Kier alpha value is -1.35. The van der Waals surface area contributed by atoms with Crippen molar-refractivity contribution < 1.29 is 0 Å². The molecule has 0 saturated heterocycles. The maximum absolute atomic E-state index is 6.32. The van der Waals surface area contributed by atoms with Gasteiger partial charge in [0.2, 0.25) is 0 Å². The number of hydrogen-bond acceptors (Lipinski definition) is 2. The van der Waals surface area contributed by atoms with Gasteiger partial charge < -0.3 is 5.73 Å². The highest BCUT2D eigenvalue weighted by Crippen LogP contribution is 2.45. The summed E-state index contributed by atoms with van der Waals surface area (Å²) in [6.07, 6.45) is 2.20. The molecule has 0 radical (unpaired) electrons. The summed E-state index contributed by atoms with van der Waals surface area (Å²) in [6.45, 7) is 5.17. The van der Waals surface area contributed by atoms with Gasteiger partial charge in [-0.2, -0.15) is 5.10 Å². The van der Waals surface area contributed by atoms with Crippen molar-refractivity contribution in [3.8, 4) is 0 Å². The molecule has 0 atom stereocenters. The number of aromatic nitrogens is 2. The van der Waals surface area contributed by atoms with Crippen molar-refractivity contribution in [2.75, 3.05) is 0 Å². The van der Waals surface area contributed by atoms with E-state index in [1.54, 1.807) is 0 Å². The predicted molar refractivity (Wildman–Crippen MR) is 65.2 cm³/mol. The van der Waals surface area contributed by atoms with Crippen LogP contribution in [0.5, 0.6) is 0 Å². The summed E-state index contributed by atoms with van der Waals surface area (Å²) >= 11 is 0. The van der Waals surface area contributed by atoms with E-state index in [4.69, 9.17) is 5.73 Å². The molecule has 1 fully saturated rings. The van der Waals surface area contributed by atoms with Gasteiger partial charge in [-0.05, 0) is 38.3 Å². The van der Waals surface area contributed by atoms with Gasteiger partial charge >= 0.3 is 0 Å². The summed E-state index contributed by atoms with van der Waals surface area (Å²) in [5.41, 5.74) is 9.84. The molecule has 0 amide bonds. The van der Waals surface area contributed by atoms with Crippen LogP contribution in [0.15, 0.2) is 18.2 Å². The van der Waals surface area contributed by atoms with E-state index in [9.17, 15) is 0 Å². The van der Waals surface area contributed by atoms with Crippen molar-refractivity contribution in [3.05, 3.63) is 29.5 Å². The zero-order valence-electron chi connectivity index (χ0n) is 9.83. The fourth-order valence-electron chi connectivity index (χ4n) is 2.46. The summed E-state index contributed by atoms with van der Waals surface area (Å²) in [5, 5.41) is 5.86. The number of aryl methyl sites for hydroxylation is 2. The molecule has 1 aliphatic rings. The zero-order valence-corrected chi connectivity index (χ0v) is 9.83. The monoisotopic (exact) mass is 215 g/mol. The molecule has 1 aromatic carbocycles. The maximum atomic E-state index is 6.32. The molecule has 0 aliphatic heterocycles. The van der Waals surface area contributed by atoms with Crippen molar-refractivity contribution in [1.82, 2.24) is 9.78 Å². The SMILES string of the molecule is CCn1nc2cccc(C3(N)CC3)c2c1C. The van der Waals surface area contributed by atoms with E-state index >= 15 is 0 Å². The molecular formula is C13H17N3. The van der Waals surface area contributed by atoms with Crippen molar-refractivity contribution in [2.24, 2.45) is 5.73 Å². The Kier molecular flexibility index (Phi) is 1.89. The molecule has 1 aliphatic carbocycles. The fraction of sp³-hybridized carbons (Fsp3) is 0.462. The normalized spacial score (nSPS) is 17.9. The molecule has 1 saturated carbocycles.